The van der Waals surface area contributed by atoms with Crippen molar-refractivity contribution in [2.45, 2.75) is 13.8 Å². The molecule has 1 fully saturated rings. The zero-order valence-corrected chi connectivity index (χ0v) is 14.2. The van der Waals surface area contributed by atoms with E-state index in [0.717, 1.165) is 13.1 Å². The third-order valence-corrected chi connectivity index (χ3v) is 4.57. The van der Waals surface area contributed by atoms with Crippen molar-refractivity contribution in [3.05, 3.63) is 53.1 Å². The van der Waals surface area contributed by atoms with Gasteiger partial charge >= 0.3 is 0 Å². The van der Waals surface area contributed by atoms with E-state index < -0.39 is 0 Å². The van der Waals surface area contributed by atoms with Crippen molar-refractivity contribution in [1.29, 1.82) is 0 Å². The number of hydrogen-bond donors (Lipinski definition) is 2. The smallest absolute Gasteiger partial charge is 0.256 e. The SMILES string of the molecule is Cc1ccc(N2CCN(C(=O)c3ccc(N)cc3N)CC2)c(C)c1. The highest BCUT2D eigenvalue weighted by Gasteiger charge is 2.24. The maximum Gasteiger partial charge on any atom is 0.256 e. The van der Waals surface area contributed by atoms with Gasteiger partial charge in [-0.1, -0.05) is 17.7 Å². The van der Waals surface area contributed by atoms with Gasteiger partial charge in [-0.05, 0) is 43.7 Å². The lowest BCUT2D eigenvalue weighted by atomic mass is 10.1. The van der Waals surface area contributed by atoms with Gasteiger partial charge in [0.15, 0.2) is 0 Å². The molecule has 1 amide bonds. The van der Waals surface area contributed by atoms with Gasteiger partial charge in [0, 0.05) is 43.2 Å². The van der Waals surface area contributed by atoms with Crippen LogP contribution >= 0.6 is 0 Å². The fourth-order valence-electron chi connectivity index (χ4n) is 3.26. The van der Waals surface area contributed by atoms with Gasteiger partial charge in [0.2, 0.25) is 0 Å². The molecule has 2 aromatic carbocycles. The Bertz CT molecular complexity index is 764. The van der Waals surface area contributed by atoms with Crippen molar-refractivity contribution in [1.82, 2.24) is 4.90 Å². The standard InChI is InChI=1S/C19H24N4O/c1-13-3-6-18(14(2)11-13)22-7-9-23(10-8-22)19(24)16-5-4-15(20)12-17(16)21/h3-6,11-12H,7-10,20-21H2,1-2H3. The molecule has 1 saturated heterocycles. The number of hydrogen-bond acceptors (Lipinski definition) is 4. The van der Waals surface area contributed by atoms with Crippen LogP contribution in [0, 0.1) is 13.8 Å². The van der Waals surface area contributed by atoms with E-state index in [1.807, 2.05) is 4.90 Å². The molecule has 0 saturated carbocycles. The average molecular weight is 324 g/mol. The van der Waals surface area contributed by atoms with Gasteiger partial charge in [0.25, 0.3) is 5.91 Å². The number of anilines is 3. The predicted molar refractivity (Wildman–Crippen MR) is 99.3 cm³/mol. The summed E-state index contributed by atoms with van der Waals surface area (Å²) in [6.07, 6.45) is 0. The molecule has 0 spiro atoms. The number of benzene rings is 2. The Kier molecular flexibility index (Phi) is 4.34. The molecule has 1 heterocycles. The quantitative estimate of drug-likeness (QED) is 0.832. The molecule has 5 nitrogen and oxygen atoms in total. The number of rotatable bonds is 2. The van der Waals surface area contributed by atoms with Crippen molar-refractivity contribution in [2.24, 2.45) is 0 Å². The molecule has 3 rings (SSSR count). The third-order valence-electron chi connectivity index (χ3n) is 4.57. The van der Waals surface area contributed by atoms with Crippen LogP contribution in [0.2, 0.25) is 0 Å². The summed E-state index contributed by atoms with van der Waals surface area (Å²) in [6.45, 7) is 7.26. The lowest BCUT2D eigenvalue weighted by Gasteiger charge is -2.37. The molecule has 24 heavy (non-hydrogen) atoms. The summed E-state index contributed by atoms with van der Waals surface area (Å²) in [5.74, 6) is -0.0206. The van der Waals surface area contributed by atoms with E-state index in [9.17, 15) is 4.79 Å². The normalized spacial score (nSPS) is 14.8. The molecule has 2 aromatic rings. The Balaban J connectivity index is 1.69. The van der Waals surface area contributed by atoms with Gasteiger partial charge in [-0.25, -0.2) is 0 Å². The molecule has 4 N–H and O–H groups in total. The number of carbonyl (C=O) groups excluding carboxylic acids is 1. The number of nitrogen functional groups attached to an aromatic ring is 2. The zero-order chi connectivity index (χ0) is 17.3. The molecule has 0 unspecified atom stereocenters. The van der Waals surface area contributed by atoms with Gasteiger partial charge in [-0.3, -0.25) is 4.79 Å². The number of nitrogens with two attached hydrogens (primary N) is 2. The van der Waals surface area contributed by atoms with Crippen LogP contribution in [-0.4, -0.2) is 37.0 Å². The first-order chi connectivity index (χ1) is 11.5. The topological polar surface area (TPSA) is 75.6 Å². The average Bonchev–Trinajstić information content (AvgIpc) is 2.54. The van der Waals surface area contributed by atoms with E-state index in [-0.39, 0.29) is 5.91 Å². The molecule has 5 heteroatoms. The summed E-state index contributed by atoms with van der Waals surface area (Å²) >= 11 is 0. The van der Waals surface area contributed by atoms with Crippen molar-refractivity contribution >= 4 is 23.0 Å². The Hall–Kier alpha value is -2.69. The third kappa shape index (κ3) is 3.15. The maximum atomic E-state index is 12.7. The Morgan fingerprint density at radius 3 is 2.29 bits per heavy atom. The second-order valence-electron chi connectivity index (χ2n) is 6.42. The van der Waals surface area contributed by atoms with Crippen LogP contribution in [0.25, 0.3) is 0 Å². The van der Waals surface area contributed by atoms with Crippen LogP contribution in [0.4, 0.5) is 17.1 Å². The summed E-state index contributed by atoms with van der Waals surface area (Å²) in [4.78, 5) is 16.9. The van der Waals surface area contributed by atoms with Crippen molar-refractivity contribution in [3.63, 3.8) is 0 Å². The Morgan fingerprint density at radius 2 is 1.67 bits per heavy atom. The van der Waals surface area contributed by atoms with Crippen molar-refractivity contribution in [2.75, 3.05) is 42.5 Å². The number of carbonyl (C=O) groups is 1. The van der Waals surface area contributed by atoms with E-state index in [2.05, 4.69) is 36.9 Å². The first-order valence-electron chi connectivity index (χ1n) is 8.22. The molecule has 0 aliphatic carbocycles. The molecule has 0 aromatic heterocycles. The largest absolute Gasteiger partial charge is 0.399 e. The molecule has 0 radical (unpaired) electrons. The Labute approximate surface area is 142 Å². The van der Waals surface area contributed by atoms with Gasteiger partial charge in [0.1, 0.15) is 0 Å². The number of nitrogens with zero attached hydrogens (tertiary/aromatic N) is 2. The summed E-state index contributed by atoms with van der Waals surface area (Å²) in [7, 11) is 0. The highest BCUT2D eigenvalue weighted by molar-refractivity contribution is 5.99. The van der Waals surface area contributed by atoms with Crippen LogP contribution in [0.3, 0.4) is 0 Å². The minimum absolute atomic E-state index is 0.0206. The summed E-state index contributed by atoms with van der Waals surface area (Å²) in [5.41, 5.74) is 17.0. The van der Waals surface area contributed by atoms with Gasteiger partial charge in [-0.2, -0.15) is 0 Å². The first kappa shape index (κ1) is 16.2. The van der Waals surface area contributed by atoms with Crippen LogP contribution < -0.4 is 16.4 Å². The molecule has 0 bridgehead atoms. The molecule has 0 atom stereocenters. The van der Waals surface area contributed by atoms with E-state index in [1.165, 1.54) is 16.8 Å². The minimum atomic E-state index is -0.0206. The van der Waals surface area contributed by atoms with Crippen LogP contribution in [0.5, 0.6) is 0 Å². The van der Waals surface area contributed by atoms with Crippen LogP contribution in [0.15, 0.2) is 36.4 Å². The van der Waals surface area contributed by atoms with Crippen LogP contribution in [-0.2, 0) is 0 Å². The zero-order valence-electron chi connectivity index (χ0n) is 14.2. The van der Waals surface area contributed by atoms with E-state index >= 15 is 0 Å². The Morgan fingerprint density at radius 1 is 0.958 bits per heavy atom. The second-order valence-corrected chi connectivity index (χ2v) is 6.42. The van der Waals surface area contributed by atoms with Gasteiger partial charge in [0.05, 0.1) is 5.56 Å². The number of piperazine rings is 1. The fourth-order valence-corrected chi connectivity index (χ4v) is 3.26. The van der Waals surface area contributed by atoms with Gasteiger partial charge in [-0.15, -0.1) is 0 Å². The molecule has 1 aliphatic heterocycles. The minimum Gasteiger partial charge on any atom is -0.399 e. The molecule has 126 valence electrons. The summed E-state index contributed by atoms with van der Waals surface area (Å²) < 4.78 is 0. The molecule has 1 aliphatic rings. The fraction of sp³-hybridized carbons (Fsp3) is 0.316. The second kappa shape index (κ2) is 6.43. The van der Waals surface area contributed by atoms with Gasteiger partial charge < -0.3 is 21.3 Å². The molecular weight excluding hydrogens is 300 g/mol. The number of amides is 1. The van der Waals surface area contributed by atoms with E-state index in [1.54, 1.807) is 18.2 Å². The monoisotopic (exact) mass is 324 g/mol. The van der Waals surface area contributed by atoms with Crippen molar-refractivity contribution < 1.29 is 4.79 Å². The summed E-state index contributed by atoms with van der Waals surface area (Å²) in [6, 6.07) is 11.6. The maximum absolute atomic E-state index is 12.7. The predicted octanol–water partition coefficient (Wildman–Crippen LogP) is 2.43. The highest BCUT2D eigenvalue weighted by atomic mass is 16.2. The lowest BCUT2D eigenvalue weighted by molar-refractivity contribution is 0.0748. The lowest BCUT2D eigenvalue weighted by Crippen LogP contribution is -2.49. The highest BCUT2D eigenvalue weighted by Crippen LogP contribution is 2.24. The van der Waals surface area contributed by atoms with E-state index in [4.69, 9.17) is 11.5 Å². The molecular formula is C19H24N4O. The number of aryl methyl sites for hydroxylation is 2. The summed E-state index contributed by atoms with van der Waals surface area (Å²) in [5, 5.41) is 0. The van der Waals surface area contributed by atoms with E-state index in [0.29, 0.717) is 30.0 Å². The van der Waals surface area contributed by atoms with Crippen LogP contribution in [0.1, 0.15) is 21.5 Å². The van der Waals surface area contributed by atoms with Crippen molar-refractivity contribution in [3.8, 4) is 0 Å². The first-order valence-corrected chi connectivity index (χ1v) is 8.22.